The summed E-state index contributed by atoms with van der Waals surface area (Å²) in [4.78, 5) is 39.6. The zero-order valence-electron chi connectivity index (χ0n) is 16.7. The number of carbonyl (C=O) groups is 2. The third kappa shape index (κ3) is 3.36. The number of amides is 1. The van der Waals surface area contributed by atoms with Crippen LogP contribution in [-0.2, 0) is 4.79 Å². The van der Waals surface area contributed by atoms with Gasteiger partial charge in [0, 0.05) is 6.07 Å². The van der Waals surface area contributed by atoms with E-state index < -0.39 is 23.9 Å². The standard InChI is InChI=1S/C21H26N4O5/c26-15-6-16(25-19(23-11-24-25)18(15)20(29)22-10-17(27)28)30-2-1-21-7-12-3-13(8-21)5-14(4-12)9-21/h6,11-14H,1-5,7-10H2,(H,22,29)(H,23,24)(H,27,28). The largest absolute Gasteiger partial charge is 0.480 e. The average Bonchev–Trinajstić information content (AvgIpc) is 3.14. The van der Waals surface area contributed by atoms with Crippen molar-refractivity contribution in [2.45, 2.75) is 44.9 Å². The van der Waals surface area contributed by atoms with Crippen molar-refractivity contribution in [3.05, 3.63) is 28.2 Å². The molecule has 4 fully saturated rings. The molecule has 0 spiro atoms. The van der Waals surface area contributed by atoms with Gasteiger partial charge in [0.15, 0.2) is 5.65 Å². The number of aromatic nitrogens is 3. The van der Waals surface area contributed by atoms with Crippen molar-refractivity contribution in [3.63, 3.8) is 0 Å². The van der Waals surface area contributed by atoms with Gasteiger partial charge in [0.2, 0.25) is 11.3 Å². The number of rotatable bonds is 7. The number of carboxylic acid groups (broad SMARTS) is 1. The molecule has 0 saturated heterocycles. The summed E-state index contributed by atoms with van der Waals surface area (Å²) in [7, 11) is 0. The number of fused-ring (bicyclic) bond motifs is 1. The highest BCUT2D eigenvalue weighted by molar-refractivity contribution is 6.00. The molecule has 0 atom stereocenters. The molecule has 0 aliphatic heterocycles. The van der Waals surface area contributed by atoms with Crippen molar-refractivity contribution >= 4 is 17.5 Å². The highest BCUT2D eigenvalue weighted by atomic mass is 16.5. The van der Waals surface area contributed by atoms with E-state index in [0.717, 1.165) is 24.2 Å². The summed E-state index contributed by atoms with van der Waals surface area (Å²) in [6.45, 7) is -0.0601. The van der Waals surface area contributed by atoms with Gasteiger partial charge in [0.25, 0.3) is 5.91 Å². The molecule has 2 aromatic heterocycles. The van der Waals surface area contributed by atoms with Crippen LogP contribution in [-0.4, -0.2) is 44.7 Å². The first-order chi connectivity index (χ1) is 14.4. The molecule has 1 amide bonds. The minimum absolute atomic E-state index is 0.121. The molecule has 0 unspecified atom stereocenters. The van der Waals surface area contributed by atoms with Crippen LogP contribution in [0.25, 0.3) is 5.65 Å². The number of ether oxygens (including phenoxy) is 1. The van der Waals surface area contributed by atoms with Gasteiger partial charge in [-0.25, -0.2) is 9.50 Å². The van der Waals surface area contributed by atoms with Crippen molar-refractivity contribution in [3.8, 4) is 5.88 Å². The number of hydrogen-bond acceptors (Lipinski definition) is 5. The Morgan fingerprint density at radius 2 is 1.90 bits per heavy atom. The molecule has 9 nitrogen and oxygen atoms in total. The molecule has 4 aliphatic carbocycles. The Hall–Kier alpha value is -2.84. The van der Waals surface area contributed by atoms with E-state index >= 15 is 0 Å². The lowest BCUT2D eigenvalue weighted by Crippen LogP contribution is -2.46. The van der Waals surface area contributed by atoms with Crippen molar-refractivity contribution in [2.24, 2.45) is 23.2 Å². The lowest BCUT2D eigenvalue weighted by atomic mass is 9.49. The van der Waals surface area contributed by atoms with Crippen molar-refractivity contribution < 1.29 is 19.4 Å². The molecule has 3 N–H and O–H groups in total. The average molecular weight is 414 g/mol. The number of aliphatic carboxylic acids is 1. The maximum Gasteiger partial charge on any atom is 0.322 e. The second-order valence-corrected chi connectivity index (χ2v) is 9.36. The fourth-order valence-electron chi connectivity index (χ4n) is 6.50. The molecule has 4 saturated carbocycles. The summed E-state index contributed by atoms with van der Waals surface area (Å²) >= 11 is 0. The molecule has 30 heavy (non-hydrogen) atoms. The lowest BCUT2D eigenvalue weighted by Gasteiger charge is -2.57. The van der Waals surface area contributed by atoms with E-state index in [-0.39, 0.29) is 11.2 Å². The number of aromatic amines is 1. The second-order valence-electron chi connectivity index (χ2n) is 9.36. The van der Waals surface area contributed by atoms with Gasteiger partial charge in [-0.1, -0.05) is 0 Å². The first-order valence-corrected chi connectivity index (χ1v) is 10.6. The van der Waals surface area contributed by atoms with Crippen molar-refractivity contribution in [1.82, 2.24) is 19.9 Å². The fraction of sp³-hybridized carbons (Fsp3) is 0.619. The van der Waals surface area contributed by atoms with Gasteiger partial charge in [-0.05, 0) is 68.1 Å². The van der Waals surface area contributed by atoms with Gasteiger partial charge in [-0.2, -0.15) is 0 Å². The number of carbonyl (C=O) groups excluding carboxylic acids is 1. The number of hydrogen-bond donors (Lipinski definition) is 3. The maximum atomic E-state index is 12.6. The number of H-pyrrole nitrogens is 1. The first-order valence-electron chi connectivity index (χ1n) is 10.6. The minimum atomic E-state index is -1.19. The van der Waals surface area contributed by atoms with E-state index in [0.29, 0.717) is 17.9 Å². The Kier molecular flexibility index (Phi) is 4.56. The van der Waals surface area contributed by atoms with Gasteiger partial charge in [0.1, 0.15) is 18.4 Å². The predicted octanol–water partition coefficient (Wildman–Crippen LogP) is 1.82. The van der Waals surface area contributed by atoms with Crippen LogP contribution in [0, 0.1) is 23.2 Å². The Morgan fingerprint density at radius 3 is 2.53 bits per heavy atom. The normalized spacial score (nSPS) is 29.3. The van der Waals surface area contributed by atoms with Crippen LogP contribution in [0.5, 0.6) is 5.88 Å². The second kappa shape index (κ2) is 7.14. The van der Waals surface area contributed by atoms with Crippen LogP contribution in [0.2, 0.25) is 0 Å². The molecule has 2 heterocycles. The minimum Gasteiger partial charge on any atom is -0.480 e. The van der Waals surface area contributed by atoms with Crippen LogP contribution in [0.4, 0.5) is 0 Å². The Bertz CT molecular complexity index is 1020. The Balaban J connectivity index is 1.32. The third-order valence-electron chi connectivity index (χ3n) is 7.21. The molecule has 2 aromatic rings. The zero-order valence-corrected chi connectivity index (χ0v) is 16.7. The summed E-state index contributed by atoms with van der Waals surface area (Å²) in [6.07, 6.45) is 10.4. The van der Waals surface area contributed by atoms with Crippen LogP contribution < -0.4 is 15.5 Å². The van der Waals surface area contributed by atoms with Gasteiger partial charge in [0.05, 0.1) is 6.61 Å². The number of carboxylic acids is 1. The van der Waals surface area contributed by atoms with E-state index in [1.807, 2.05) is 0 Å². The van der Waals surface area contributed by atoms with Crippen LogP contribution in [0.15, 0.2) is 17.2 Å². The van der Waals surface area contributed by atoms with Crippen molar-refractivity contribution in [2.75, 3.05) is 13.2 Å². The van der Waals surface area contributed by atoms with Crippen LogP contribution in [0.3, 0.4) is 0 Å². The fourth-order valence-corrected chi connectivity index (χ4v) is 6.50. The molecule has 0 aromatic carbocycles. The molecule has 4 aliphatic rings. The highest BCUT2D eigenvalue weighted by Gasteiger charge is 2.50. The summed E-state index contributed by atoms with van der Waals surface area (Å²) in [6, 6.07) is 1.26. The molecular formula is C21H26N4O5. The molecular weight excluding hydrogens is 388 g/mol. The summed E-state index contributed by atoms with van der Waals surface area (Å²) in [5.74, 6) is 0.982. The summed E-state index contributed by atoms with van der Waals surface area (Å²) in [5.41, 5.74) is -0.250. The predicted molar refractivity (Wildman–Crippen MR) is 106 cm³/mol. The number of pyridine rings is 1. The molecule has 9 heteroatoms. The highest BCUT2D eigenvalue weighted by Crippen LogP contribution is 2.61. The van der Waals surface area contributed by atoms with E-state index in [9.17, 15) is 14.4 Å². The van der Waals surface area contributed by atoms with Crippen LogP contribution in [0.1, 0.15) is 55.3 Å². The quantitative estimate of drug-likeness (QED) is 0.635. The lowest BCUT2D eigenvalue weighted by molar-refractivity contribution is -0.135. The Labute approximate surface area is 172 Å². The number of nitrogens with one attached hydrogen (secondary N) is 2. The summed E-state index contributed by atoms with van der Waals surface area (Å²) in [5, 5.41) is 13.8. The van der Waals surface area contributed by atoms with Gasteiger partial charge in [-0.3, -0.25) is 19.5 Å². The van der Waals surface area contributed by atoms with E-state index in [1.54, 1.807) is 0 Å². The van der Waals surface area contributed by atoms with Crippen molar-refractivity contribution in [1.29, 1.82) is 0 Å². The van der Waals surface area contributed by atoms with Crippen LogP contribution >= 0.6 is 0 Å². The monoisotopic (exact) mass is 414 g/mol. The van der Waals surface area contributed by atoms with E-state index in [1.165, 1.54) is 55.4 Å². The topological polar surface area (TPSA) is 126 Å². The third-order valence-corrected chi connectivity index (χ3v) is 7.21. The molecule has 160 valence electrons. The smallest absolute Gasteiger partial charge is 0.322 e. The van der Waals surface area contributed by atoms with Gasteiger partial charge in [-0.15, -0.1) is 0 Å². The SMILES string of the molecule is O=C(O)CNC(=O)c1c(=O)cc(OCCC23CC4CC(CC(C4)C2)C3)n2[nH]cnc12. The first kappa shape index (κ1) is 19.1. The maximum absolute atomic E-state index is 12.6. The van der Waals surface area contributed by atoms with Gasteiger partial charge >= 0.3 is 5.97 Å². The Morgan fingerprint density at radius 1 is 1.23 bits per heavy atom. The molecule has 6 rings (SSSR count). The summed E-state index contributed by atoms with van der Waals surface area (Å²) < 4.78 is 7.45. The van der Waals surface area contributed by atoms with E-state index in [4.69, 9.17) is 9.84 Å². The number of nitrogens with zero attached hydrogens (tertiary/aromatic N) is 2. The molecule has 4 bridgehead atoms. The molecule has 0 radical (unpaired) electrons. The van der Waals surface area contributed by atoms with Gasteiger partial charge < -0.3 is 15.2 Å². The zero-order chi connectivity index (χ0) is 20.9. The van der Waals surface area contributed by atoms with E-state index in [2.05, 4.69) is 15.4 Å².